The van der Waals surface area contributed by atoms with Crippen LogP contribution in [0.25, 0.3) is 0 Å². The van der Waals surface area contributed by atoms with Crippen LogP contribution in [0.1, 0.15) is 34.2 Å². The molecule has 0 unspecified atom stereocenters. The number of pyridine rings is 1. The molecule has 0 N–H and O–H groups in total. The highest BCUT2D eigenvalue weighted by Gasteiger charge is 2.17. The summed E-state index contributed by atoms with van der Waals surface area (Å²) in [7, 11) is 0. The van der Waals surface area contributed by atoms with E-state index in [0.29, 0.717) is 17.1 Å². The average Bonchev–Trinajstić information content (AvgIpc) is 2.67. The Hall–Kier alpha value is -1.68. The molecular weight excluding hydrogens is 262 g/mol. The van der Waals surface area contributed by atoms with Crippen LogP contribution in [-0.4, -0.2) is 20.5 Å². The van der Waals surface area contributed by atoms with Crippen LogP contribution in [0.15, 0.2) is 18.5 Å². The number of Topliss-reactive ketones (excluding diaryl/α,β-unsaturated/α-hetero) is 1. The molecule has 0 aromatic carbocycles. The Labute approximate surface area is 117 Å². The second-order valence-electron chi connectivity index (χ2n) is 4.45. The molecule has 0 radical (unpaired) electrons. The van der Waals surface area contributed by atoms with E-state index < -0.39 is 0 Å². The van der Waals surface area contributed by atoms with Gasteiger partial charge >= 0.3 is 0 Å². The number of hydrogen-bond acceptors (Lipinski definition) is 3. The van der Waals surface area contributed by atoms with E-state index in [0.717, 1.165) is 17.0 Å². The minimum Gasteiger partial charge on any atom is -0.294 e. The molecule has 2 aromatic rings. The van der Waals surface area contributed by atoms with Crippen LogP contribution in [0.4, 0.5) is 0 Å². The Bertz CT molecular complexity index is 619. The summed E-state index contributed by atoms with van der Waals surface area (Å²) in [5.41, 5.74) is 3.11. The van der Waals surface area contributed by atoms with Gasteiger partial charge in [-0.05, 0) is 32.4 Å². The zero-order valence-electron chi connectivity index (χ0n) is 11.3. The van der Waals surface area contributed by atoms with E-state index in [2.05, 4.69) is 10.1 Å². The molecule has 0 atom stereocenters. The highest BCUT2D eigenvalue weighted by molar-refractivity contribution is 6.32. The molecule has 2 aromatic heterocycles. The standard InChI is InChI=1S/C14H16ClN3O/c1-4-18-12(14(15)10(3)17-18)7-13(19)11-5-6-16-8-9(11)2/h5-6,8H,4,7H2,1-3H3. The van der Waals surface area contributed by atoms with E-state index in [4.69, 9.17) is 11.6 Å². The van der Waals surface area contributed by atoms with Crippen molar-refractivity contribution in [3.8, 4) is 0 Å². The topological polar surface area (TPSA) is 47.8 Å². The summed E-state index contributed by atoms with van der Waals surface area (Å²) in [5.74, 6) is 0.0383. The van der Waals surface area contributed by atoms with Crippen molar-refractivity contribution in [2.75, 3.05) is 0 Å². The maximum Gasteiger partial charge on any atom is 0.169 e. The maximum atomic E-state index is 12.3. The summed E-state index contributed by atoms with van der Waals surface area (Å²) < 4.78 is 1.78. The van der Waals surface area contributed by atoms with Crippen LogP contribution >= 0.6 is 11.6 Å². The van der Waals surface area contributed by atoms with Crippen molar-refractivity contribution in [3.05, 3.63) is 46.0 Å². The molecule has 0 fully saturated rings. The molecule has 0 amide bonds. The molecule has 0 spiro atoms. The molecule has 19 heavy (non-hydrogen) atoms. The molecule has 0 saturated heterocycles. The van der Waals surface area contributed by atoms with Crippen LogP contribution in [-0.2, 0) is 13.0 Å². The van der Waals surface area contributed by atoms with E-state index in [1.165, 1.54) is 0 Å². The van der Waals surface area contributed by atoms with Gasteiger partial charge in [-0.3, -0.25) is 14.5 Å². The highest BCUT2D eigenvalue weighted by Crippen LogP contribution is 2.22. The molecule has 5 heteroatoms. The van der Waals surface area contributed by atoms with Crippen molar-refractivity contribution in [2.45, 2.75) is 33.7 Å². The van der Waals surface area contributed by atoms with E-state index in [1.807, 2.05) is 20.8 Å². The molecule has 0 aliphatic heterocycles. The largest absolute Gasteiger partial charge is 0.294 e. The number of rotatable bonds is 4. The molecule has 4 nitrogen and oxygen atoms in total. The third-order valence-corrected chi connectivity index (χ3v) is 3.59. The Morgan fingerprint density at radius 3 is 2.79 bits per heavy atom. The Morgan fingerprint density at radius 1 is 1.42 bits per heavy atom. The fraction of sp³-hybridized carbons (Fsp3) is 0.357. The summed E-state index contributed by atoms with van der Waals surface area (Å²) in [6.07, 6.45) is 3.58. The minimum atomic E-state index is 0.0383. The van der Waals surface area contributed by atoms with Crippen LogP contribution in [0, 0.1) is 13.8 Å². The van der Waals surface area contributed by atoms with E-state index >= 15 is 0 Å². The first-order chi connectivity index (χ1) is 9.04. The normalized spacial score (nSPS) is 10.7. The molecule has 0 saturated carbocycles. The fourth-order valence-corrected chi connectivity index (χ4v) is 2.27. The van der Waals surface area contributed by atoms with Gasteiger partial charge in [-0.1, -0.05) is 11.6 Å². The van der Waals surface area contributed by atoms with Gasteiger partial charge in [0.15, 0.2) is 5.78 Å². The zero-order chi connectivity index (χ0) is 14.0. The smallest absolute Gasteiger partial charge is 0.169 e. The second-order valence-corrected chi connectivity index (χ2v) is 4.83. The Balaban J connectivity index is 2.32. The molecular formula is C14H16ClN3O. The predicted molar refractivity (Wildman–Crippen MR) is 74.7 cm³/mol. The quantitative estimate of drug-likeness (QED) is 0.807. The van der Waals surface area contributed by atoms with Gasteiger partial charge in [0.25, 0.3) is 0 Å². The first-order valence-corrected chi connectivity index (χ1v) is 6.58. The molecule has 2 rings (SSSR count). The van der Waals surface area contributed by atoms with Gasteiger partial charge in [-0.25, -0.2) is 0 Å². The lowest BCUT2D eigenvalue weighted by atomic mass is 10.0. The van der Waals surface area contributed by atoms with Gasteiger partial charge in [-0.2, -0.15) is 5.10 Å². The van der Waals surface area contributed by atoms with Crippen molar-refractivity contribution in [2.24, 2.45) is 0 Å². The monoisotopic (exact) mass is 277 g/mol. The fourth-order valence-electron chi connectivity index (χ4n) is 2.07. The van der Waals surface area contributed by atoms with Crippen LogP contribution in [0.5, 0.6) is 0 Å². The molecule has 0 bridgehead atoms. The Kier molecular flexibility index (Phi) is 4.00. The second kappa shape index (κ2) is 5.53. The SMILES string of the molecule is CCn1nc(C)c(Cl)c1CC(=O)c1ccncc1C. The number of ketones is 1. The van der Waals surface area contributed by atoms with Crippen LogP contribution in [0.2, 0.25) is 5.02 Å². The van der Waals surface area contributed by atoms with Crippen LogP contribution < -0.4 is 0 Å². The maximum absolute atomic E-state index is 12.3. The average molecular weight is 278 g/mol. The molecule has 100 valence electrons. The summed E-state index contributed by atoms with van der Waals surface area (Å²) in [6.45, 7) is 6.41. The lowest BCUT2D eigenvalue weighted by Gasteiger charge is -2.06. The van der Waals surface area contributed by atoms with E-state index in [9.17, 15) is 4.79 Å². The first-order valence-electron chi connectivity index (χ1n) is 6.20. The van der Waals surface area contributed by atoms with Crippen molar-refractivity contribution in [1.82, 2.24) is 14.8 Å². The summed E-state index contributed by atoms with van der Waals surface area (Å²) >= 11 is 6.22. The van der Waals surface area contributed by atoms with E-state index in [-0.39, 0.29) is 12.2 Å². The number of aromatic nitrogens is 3. The number of hydrogen-bond donors (Lipinski definition) is 0. The van der Waals surface area contributed by atoms with Crippen molar-refractivity contribution in [1.29, 1.82) is 0 Å². The molecule has 0 aliphatic rings. The zero-order valence-corrected chi connectivity index (χ0v) is 12.0. The molecule has 2 heterocycles. The van der Waals surface area contributed by atoms with Gasteiger partial charge in [0.1, 0.15) is 0 Å². The van der Waals surface area contributed by atoms with Gasteiger partial charge in [0.2, 0.25) is 0 Å². The summed E-state index contributed by atoms with van der Waals surface area (Å²) in [6, 6.07) is 1.74. The van der Waals surface area contributed by atoms with Crippen molar-refractivity contribution >= 4 is 17.4 Å². The Morgan fingerprint density at radius 2 is 2.16 bits per heavy atom. The number of aryl methyl sites for hydroxylation is 3. The number of halogens is 1. The van der Waals surface area contributed by atoms with Gasteiger partial charge in [0.05, 0.1) is 22.8 Å². The summed E-state index contributed by atoms with van der Waals surface area (Å²) in [4.78, 5) is 16.3. The minimum absolute atomic E-state index is 0.0383. The summed E-state index contributed by atoms with van der Waals surface area (Å²) in [5, 5.41) is 4.90. The van der Waals surface area contributed by atoms with Crippen LogP contribution in [0.3, 0.4) is 0 Å². The third kappa shape index (κ3) is 2.68. The van der Waals surface area contributed by atoms with E-state index in [1.54, 1.807) is 23.1 Å². The highest BCUT2D eigenvalue weighted by atomic mass is 35.5. The van der Waals surface area contributed by atoms with Gasteiger partial charge in [-0.15, -0.1) is 0 Å². The molecule has 0 aliphatic carbocycles. The lowest BCUT2D eigenvalue weighted by molar-refractivity contribution is 0.0990. The number of nitrogens with zero attached hydrogens (tertiary/aromatic N) is 3. The van der Waals surface area contributed by atoms with Gasteiger partial charge < -0.3 is 0 Å². The van der Waals surface area contributed by atoms with Crippen molar-refractivity contribution < 1.29 is 4.79 Å². The predicted octanol–water partition coefficient (Wildman–Crippen LogP) is 2.99. The number of carbonyl (C=O) groups excluding carboxylic acids is 1. The third-order valence-electron chi connectivity index (χ3n) is 3.10. The van der Waals surface area contributed by atoms with Gasteiger partial charge in [0, 0.05) is 24.5 Å². The lowest BCUT2D eigenvalue weighted by Crippen LogP contribution is -2.11. The number of carbonyl (C=O) groups is 1. The van der Waals surface area contributed by atoms with Crippen molar-refractivity contribution in [3.63, 3.8) is 0 Å². The first kappa shape index (κ1) is 13.7.